The van der Waals surface area contributed by atoms with Gasteiger partial charge in [-0.15, -0.1) is 0 Å². The van der Waals surface area contributed by atoms with Crippen molar-refractivity contribution in [2.24, 2.45) is 0 Å². The number of hydrogen-bond donors (Lipinski definition) is 0. The minimum absolute atomic E-state index is 0.217. The molecule has 2 aromatic heterocycles. The molecule has 0 spiro atoms. The normalized spacial score (nSPS) is 19.3. The van der Waals surface area contributed by atoms with Crippen LogP contribution in [0.25, 0.3) is 4.96 Å². The van der Waals surface area contributed by atoms with E-state index in [0.717, 1.165) is 4.52 Å². The van der Waals surface area contributed by atoms with Crippen LogP contribution < -0.4 is 0 Å². The summed E-state index contributed by atoms with van der Waals surface area (Å²) in [5.41, 5.74) is -1.17. The molecule has 0 bridgehead atoms. The van der Waals surface area contributed by atoms with E-state index in [1.807, 2.05) is 0 Å². The molecule has 4 nitrogen and oxygen atoms in total. The van der Waals surface area contributed by atoms with E-state index in [0.29, 0.717) is 17.5 Å². The fourth-order valence-corrected chi connectivity index (χ4v) is 1.64. The zero-order valence-corrected chi connectivity index (χ0v) is 7.69. The Morgan fingerprint density at radius 3 is 3.13 bits per heavy atom. The second-order valence-electron chi connectivity index (χ2n) is 2.46. The average Bonchev–Trinajstić information content (AvgIpc) is 2.66. The molecule has 0 amide bonds. The van der Waals surface area contributed by atoms with E-state index >= 15 is 0 Å². The Morgan fingerprint density at radius 2 is 2.53 bits per heavy atom. The van der Waals surface area contributed by atoms with Crippen molar-refractivity contribution >= 4 is 16.3 Å². The molecule has 0 aliphatic carbocycles. The summed E-state index contributed by atoms with van der Waals surface area (Å²) >= 11 is 0.473. The van der Waals surface area contributed by atoms with Gasteiger partial charge in [-0.3, -0.25) is 0 Å². The van der Waals surface area contributed by atoms with Crippen molar-refractivity contribution in [3.8, 4) is 0 Å². The summed E-state index contributed by atoms with van der Waals surface area (Å²) in [6.07, 6.45) is -4.05. The quantitative estimate of drug-likeness (QED) is 0.808. The highest BCUT2D eigenvalue weighted by Crippen LogP contribution is 2.29. The van der Waals surface area contributed by atoms with Crippen LogP contribution in [0.3, 0.4) is 0 Å². The van der Waals surface area contributed by atoms with E-state index in [1.54, 1.807) is 0 Å². The van der Waals surface area contributed by atoms with Gasteiger partial charge in [0, 0.05) is 7.04 Å². The number of ether oxygens (including phenoxy) is 1. The molecule has 0 N–H and O–H groups in total. The zero-order chi connectivity index (χ0) is 15.3. The van der Waals surface area contributed by atoms with E-state index in [-0.39, 0.29) is 4.96 Å². The van der Waals surface area contributed by atoms with E-state index in [4.69, 9.17) is 6.85 Å². The Morgan fingerprint density at radius 1 is 1.73 bits per heavy atom. The number of nitrogens with zero attached hydrogens (tertiary/aromatic N) is 3. The number of aromatic nitrogens is 3. The van der Waals surface area contributed by atoms with Gasteiger partial charge in [0.1, 0.15) is 5.01 Å². The molecule has 2 rings (SSSR count). The van der Waals surface area contributed by atoms with E-state index in [9.17, 15) is 13.2 Å². The first-order valence-electron chi connectivity index (χ1n) is 6.02. The van der Waals surface area contributed by atoms with E-state index in [2.05, 4.69) is 14.8 Å². The number of fused-ring (bicyclic) bond motifs is 1. The van der Waals surface area contributed by atoms with Gasteiger partial charge in [-0.25, -0.2) is 9.50 Å². The maximum absolute atomic E-state index is 12.4. The van der Waals surface area contributed by atoms with Crippen LogP contribution in [0.4, 0.5) is 13.2 Å². The fourth-order valence-electron chi connectivity index (χ4n) is 0.922. The molecule has 0 aliphatic rings. The highest BCUT2D eigenvalue weighted by Gasteiger charge is 2.34. The van der Waals surface area contributed by atoms with Crippen molar-refractivity contribution < 1.29 is 24.8 Å². The molecular formula is C7H6F3N3OS. The minimum atomic E-state index is -4.64. The van der Waals surface area contributed by atoms with Crippen molar-refractivity contribution in [3.05, 3.63) is 16.9 Å². The highest BCUT2D eigenvalue weighted by molar-refractivity contribution is 7.16. The van der Waals surface area contributed by atoms with Crippen molar-refractivity contribution in [2.45, 2.75) is 12.7 Å². The average molecular weight is 242 g/mol. The molecule has 15 heavy (non-hydrogen) atoms. The van der Waals surface area contributed by atoms with Crippen molar-refractivity contribution in [1.82, 2.24) is 14.6 Å². The lowest BCUT2D eigenvalue weighted by Crippen LogP contribution is -2.04. The lowest BCUT2D eigenvalue weighted by atomic mass is 10.5. The van der Waals surface area contributed by atoms with Gasteiger partial charge in [-0.05, 0) is 0 Å². The summed E-state index contributed by atoms with van der Waals surface area (Å²) in [6.45, 7) is -2.75. The van der Waals surface area contributed by atoms with Crippen LogP contribution in [0.1, 0.15) is 17.6 Å². The Kier molecular flexibility index (Phi) is 1.34. The van der Waals surface area contributed by atoms with E-state index in [1.165, 1.54) is 0 Å². The van der Waals surface area contributed by atoms with Crippen LogP contribution in [0.5, 0.6) is 0 Å². The second-order valence-corrected chi connectivity index (χ2v) is 3.42. The molecular weight excluding hydrogens is 231 g/mol. The monoisotopic (exact) mass is 242 g/mol. The summed E-state index contributed by atoms with van der Waals surface area (Å²) in [4.78, 5) is 3.03. The van der Waals surface area contributed by atoms with Gasteiger partial charge in [0.2, 0.25) is 4.96 Å². The van der Waals surface area contributed by atoms with Crippen molar-refractivity contribution in [1.29, 1.82) is 0 Å². The van der Waals surface area contributed by atoms with Crippen molar-refractivity contribution in [2.75, 3.05) is 7.04 Å². The molecule has 0 aliphatic heterocycles. The highest BCUT2D eigenvalue weighted by atomic mass is 32.1. The fraction of sp³-hybridized carbons (Fsp3) is 0.429. The minimum Gasteiger partial charge on any atom is -0.377 e. The second kappa shape index (κ2) is 3.46. The zero-order valence-electron chi connectivity index (χ0n) is 11.9. The third-order valence-corrected chi connectivity index (χ3v) is 2.29. The third-order valence-electron chi connectivity index (χ3n) is 1.47. The summed E-state index contributed by atoms with van der Waals surface area (Å²) in [6, 6.07) is 0. The standard InChI is InChI=1S/C7H6F3N3OS/c1-14-3-5-12-13-2-4(7(8,9)10)11-6(13)15-5/h2H,3H2,1H3/i1D3,3D2. The Labute approximate surface area is 93.3 Å². The van der Waals surface area contributed by atoms with Gasteiger partial charge in [-0.1, -0.05) is 11.3 Å². The predicted octanol–water partition coefficient (Wildman–Crippen LogP) is 1.96. The maximum Gasteiger partial charge on any atom is 0.435 e. The smallest absolute Gasteiger partial charge is 0.377 e. The first-order chi connectivity index (χ1) is 8.88. The van der Waals surface area contributed by atoms with Gasteiger partial charge in [-0.2, -0.15) is 18.3 Å². The van der Waals surface area contributed by atoms with Gasteiger partial charge in [0.25, 0.3) is 0 Å². The molecule has 0 saturated carbocycles. The van der Waals surface area contributed by atoms with Gasteiger partial charge < -0.3 is 4.74 Å². The van der Waals surface area contributed by atoms with Gasteiger partial charge >= 0.3 is 6.18 Å². The number of methoxy groups -OCH3 is 1. The Balaban J connectivity index is 2.36. The summed E-state index contributed by atoms with van der Waals surface area (Å²) in [7, 11) is -3.01. The molecule has 0 aromatic carbocycles. The lowest BCUT2D eigenvalue weighted by Gasteiger charge is -1.98. The molecule has 2 heterocycles. The summed E-state index contributed by atoms with van der Waals surface area (Å²) in [5, 5.41) is 3.09. The van der Waals surface area contributed by atoms with Crippen LogP contribution in [0, 0.1) is 0 Å². The first kappa shape index (κ1) is 5.80. The van der Waals surface area contributed by atoms with Crippen LogP contribution in [0.15, 0.2) is 6.20 Å². The maximum atomic E-state index is 12.4. The Bertz CT molecular complexity index is 602. The van der Waals surface area contributed by atoms with Crippen molar-refractivity contribution in [3.63, 3.8) is 0 Å². The molecule has 2 aromatic rings. The Hall–Kier alpha value is -1.15. The number of halogens is 3. The topological polar surface area (TPSA) is 39.4 Å². The van der Waals surface area contributed by atoms with Crippen LogP contribution in [0.2, 0.25) is 0 Å². The molecule has 0 unspecified atom stereocenters. The summed E-state index contributed by atoms with van der Waals surface area (Å²) < 4.78 is 77.5. The van der Waals surface area contributed by atoms with Gasteiger partial charge in [0.15, 0.2) is 5.69 Å². The van der Waals surface area contributed by atoms with Crippen LogP contribution in [-0.4, -0.2) is 21.6 Å². The largest absolute Gasteiger partial charge is 0.435 e. The number of imidazole rings is 1. The third kappa shape index (κ3) is 1.95. The van der Waals surface area contributed by atoms with E-state index < -0.39 is 30.5 Å². The molecule has 0 atom stereocenters. The van der Waals surface area contributed by atoms with Crippen LogP contribution in [-0.2, 0) is 17.5 Å². The first-order valence-corrected chi connectivity index (χ1v) is 4.34. The molecule has 0 radical (unpaired) electrons. The molecule has 0 fully saturated rings. The number of alkyl halides is 3. The number of rotatable bonds is 2. The summed E-state index contributed by atoms with van der Waals surface area (Å²) in [5.74, 6) is 0. The number of hydrogen-bond acceptors (Lipinski definition) is 4. The lowest BCUT2D eigenvalue weighted by molar-refractivity contribution is -0.140. The molecule has 0 saturated heterocycles. The predicted molar refractivity (Wildman–Crippen MR) is 46.6 cm³/mol. The SMILES string of the molecule is [2H]C([2H])([2H])OC([2H])([2H])c1nn2cc(C(F)(F)F)nc2s1. The van der Waals surface area contributed by atoms with Gasteiger partial charge in [0.05, 0.1) is 19.6 Å². The molecule has 8 heteroatoms. The molecule has 82 valence electrons. The van der Waals surface area contributed by atoms with Crippen LogP contribution >= 0.6 is 11.3 Å².